The summed E-state index contributed by atoms with van der Waals surface area (Å²) in [4.78, 5) is 23.5. The summed E-state index contributed by atoms with van der Waals surface area (Å²) in [7, 11) is 1.56. The number of methoxy groups -OCH3 is 1. The van der Waals surface area contributed by atoms with Gasteiger partial charge in [0.25, 0.3) is 5.56 Å². The van der Waals surface area contributed by atoms with Gasteiger partial charge in [0.1, 0.15) is 6.61 Å². The average Bonchev–Trinajstić information content (AvgIpc) is 2.77. The van der Waals surface area contributed by atoms with Crippen molar-refractivity contribution in [2.75, 3.05) is 19.0 Å². The normalized spacial score (nSPS) is 10.6. The minimum atomic E-state index is -0.285. The number of hydrogen-bond acceptors (Lipinski definition) is 5. The Kier molecular flexibility index (Phi) is 6.78. The topological polar surface area (TPSA) is 93.3 Å². The average molecular weight is 403 g/mol. The van der Waals surface area contributed by atoms with Crippen LogP contribution in [-0.4, -0.2) is 29.8 Å². The van der Waals surface area contributed by atoms with Gasteiger partial charge in [-0.05, 0) is 42.0 Å². The molecule has 0 saturated heterocycles. The first-order valence-corrected chi connectivity index (χ1v) is 9.16. The maximum atomic E-state index is 12.3. The molecule has 0 aliphatic rings. The first kappa shape index (κ1) is 20.6. The van der Waals surface area contributed by atoms with E-state index in [4.69, 9.17) is 9.47 Å². The SMILES string of the molecule is C=CCOc1ccc(/C=C/C(=O)Nc2cccc(-c3ccc(=O)[nH]n3)c2)cc1OC. The highest BCUT2D eigenvalue weighted by atomic mass is 16.5. The lowest BCUT2D eigenvalue weighted by Gasteiger charge is -2.09. The number of H-pyrrole nitrogens is 1. The summed E-state index contributed by atoms with van der Waals surface area (Å²) in [5.41, 5.74) is 2.50. The second-order valence-corrected chi connectivity index (χ2v) is 6.22. The fourth-order valence-corrected chi connectivity index (χ4v) is 2.67. The highest BCUT2D eigenvalue weighted by Gasteiger charge is 2.06. The third-order valence-corrected chi connectivity index (χ3v) is 4.08. The van der Waals surface area contributed by atoms with Crippen molar-refractivity contribution < 1.29 is 14.3 Å². The van der Waals surface area contributed by atoms with E-state index in [0.29, 0.717) is 29.5 Å². The number of nitrogens with one attached hydrogen (secondary N) is 2. The molecule has 30 heavy (non-hydrogen) atoms. The predicted octanol–water partition coefficient (Wildman–Crippen LogP) is 3.66. The molecule has 0 aliphatic heterocycles. The lowest BCUT2D eigenvalue weighted by molar-refractivity contribution is -0.111. The molecule has 0 atom stereocenters. The van der Waals surface area contributed by atoms with Crippen LogP contribution in [0.5, 0.6) is 11.5 Å². The number of aromatic nitrogens is 2. The minimum Gasteiger partial charge on any atom is -0.493 e. The van der Waals surface area contributed by atoms with E-state index in [2.05, 4.69) is 22.1 Å². The Morgan fingerprint density at radius 2 is 2.03 bits per heavy atom. The number of carbonyl (C=O) groups excluding carboxylic acids is 1. The zero-order valence-corrected chi connectivity index (χ0v) is 16.4. The molecular weight excluding hydrogens is 382 g/mol. The third-order valence-electron chi connectivity index (χ3n) is 4.08. The molecule has 0 unspecified atom stereocenters. The van der Waals surface area contributed by atoms with Crippen LogP contribution in [-0.2, 0) is 4.79 Å². The summed E-state index contributed by atoms with van der Waals surface area (Å²) in [5, 5.41) is 9.20. The van der Waals surface area contributed by atoms with Crippen LogP contribution in [0.3, 0.4) is 0 Å². The molecule has 3 rings (SSSR count). The van der Waals surface area contributed by atoms with E-state index < -0.39 is 0 Å². The quantitative estimate of drug-likeness (QED) is 0.442. The van der Waals surface area contributed by atoms with Crippen molar-refractivity contribution in [3.05, 3.63) is 89.2 Å². The summed E-state index contributed by atoms with van der Waals surface area (Å²) in [6, 6.07) is 15.6. The minimum absolute atomic E-state index is 0.273. The van der Waals surface area contributed by atoms with Gasteiger partial charge in [-0.15, -0.1) is 0 Å². The van der Waals surface area contributed by atoms with Crippen LogP contribution in [0.4, 0.5) is 5.69 Å². The summed E-state index contributed by atoms with van der Waals surface area (Å²) in [5.74, 6) is 0.889. The predicted molar refractivity (Wildman–Crippen MR) is 117 cm³/mol. The van der Waals surface area contributed by atoms with E-state index in [0.717, 1.165) is 11.1 Å². The molecule has 0 aliphatic carbocycles. The van der Waals surface area contributed by atoms with Gasteiger partial charge in [0.15, 0.2) is 11.5 Å². The molecule has 0 radical (unpaired) electrons. The Labute approximate surface area is 173 Å². The van der Waals surface area contributed by atoms with Crippen LogP contribution in [0.15, 0.2) is 78.1 Å². The Bertz CT molecular complexity index is 1110. The molecule has 2 aromatic carbocycles. The van der Waals surface area contributed by atoms with Crippen LogP contribution < -0.4 is 20.3 Å². The number of benzene rings is 2. The number of rotatable bonds is 8. The molecule has 3 aromatic rings. The van der Waals surface area contributed by atoms with Gasteiger partial charge in [-0.3, -0.25) is 9.59 Å². The number of aromatic amines is 1. The summed E-state index contributed by atoms with van der Waals surface area (Å²) in [6.07, 6.45) is 4.77. The van der Waals surface area contributed by atoms with Gasteiger partial charge in [-0.2, -0.15) is 5.10 Å². The van der Waals surface area contributed by atoms with Crippen molar-refractivity contribution >= 4 is 17.7 Å². The Hall–Kier alpha value is -4.13. The van der Waals surface area contributed by atoms with Crippen LogP contribution in [0.1, 0.15) is 5.56 Å². The lowest BCUT2D eigenvalue weighted by atomic mass is 10.1. The number of amides is 1. The van der Waals surface area contributed by atoms with Crippen molar-refractivity contribution in [2.24, 2.45) is 0 Å². The van der Waals surface area contributed by atoms with Crippen molar-refractivity contribution in [3.63, 3.8) is 0 Å². The van der Waals surface area contributed by atoms with Gasteiger partial charge in [0, 0.05) is 23.4 Å². The molecule has 1 heterocycles. The molecule has 2 N–H and O–H groups in total. The number of hydrogen-bond donors (Lipinski definition) is 2. The Balaban J connectivity index is 1.69. The lowest BCUT2D eigenvalue weighted by Crippen LogP contribution is -2.08. The van der Waals surface area contributed by atoms with Gasteiger partial charge in [0.05, 0.1) is 12.8 Å². The Morgan fingerprint density at radius 3 is 2.77 bits per heavy atom. The summed E-state index contributed by atoms with van der Waals surface area (Å²) < 4.78 is 10.8. The number of carbonyl (C=O) groups is 1. The number of nitrogens with zero attached hydrogens (tertiary/aromatic N) is 1. The zero-order chi connectivity index (χ0) is 21.3. The molecular formula is C23H21N3O4. The highest BCUT2D eigenvalue weighted by Crippen LogP contribution is 2.28. The van der Waals surface area contributed by atoms with E-state index >= 15 is 0 Å². The molecule has 1 amide bonds. The first-order valence-electron chi connectivity index (χ1n) is 9.16. The zero-order valence-electron chi connectivity index (χ0n) is 16.4. The van der Waals surface area contributed by atoms with Crippen LogP contribution >= 0.6 is 0 Å². The van der Waals surface area contributed by atoms with E-state index in [1.54, 1.807) is 55.7 Å². The maximum absolute atomic E-state index is 12.3. The van der Waals surface area contributed by atoms with E-state index in [1.807, 2.05) is 12.1 Å². The highest BCUT2D eigenvalue weighted by molar-refractivity contribution is 6.02. The van der Waals surface area contributed by atoms with Crippen LogP contribution in [0.2, 0.25) is 0 Å². The smallest absolute Gasteiger partial charge is 0.264 e. The van der Waals surface area contributed by atoms with Gasteiger partial charge >= 0.3 is 0 Å². The number of ether oxygens (including phenoxy) is 2. The van der Waals surface area contributed by atoms with Gasteiger partial charge < -0.3 is 14.8 Å². The Morgan fingerprint density at radius 1 is 1.17 bits per heavy atom. The van der Waals surface area contributed by atoms with Crippen molar-refractivity contribution in [3.8, 4) is 22.8 Å². The van der Waals surface area contributed by atoms with Crippen LogP contribution in [0, 0.1) is 0 Å². The molecule has 0 saturated carbocycles. The van der Waals surface area contributed by atoms with Crippen molar-refractivity contribution in [1.82, 2.24) is 10.2 Å². The molecule has 7 nitrogen and oxygen atoms in total. The van der Waals surface area contributed by atoms with Crippen molar-refractivity contribution in [2.45, 2.75) is 0 Å². The first-order chi connectivity index (χ1) is 14.6. The largest absolute Gasteiger partial charge is 0.493 e. The molecule has 1 aromatic heterocycles. The third kappa shape index (κ3) is 5.45. The van der Waals surface area contributed by atoms with E-state index in [9.17, 15) is 9.59 Å². The van der Waals surface area contributed by atoms with E-state index in [1.165, 1.54) is 12.1 Å². The summed E-state index contributed by atoms with van der Waals surface area (Å²) >= 11 is 0. The fraction of sp³-hybridized carbons (Fsp3) is 0.0870. The van der Waals surface area contributed by atoms with Gasteiger partial charge in [-0.25, -0.2) is 5.10 Å². The second kappa shape index (κ2) is 9.88. The molecule has 0 spiro atoms. The summed E-state index contributed by atoms with van der Waals surface area (Å²) in [6.45, 7) is 4.00. The number of anilines is 1. The van der Waals surface area contributed by atoms with Gasteiger partial charge in [-0.1, -0.05) is 30.9 Å². The van der Waals surface area contributed by atoms with Crippen molar-refractivity contribution in [1.29, 1.82) is 0 Å². The maximum Gasteiger partial charge on any atom is 0.264 e. The molecule has 0 fully saturated rings. The van der Waals surface area contributed by atoms with E-state index in [-0.39, 0.29) is 11.5 Å². The van der Waals surface area contributed by atoms with Crippen LogP contribution in [0.25, 0.3) is 17.3 Å². The monoisotopic (exact) mass is 403 g/mol. The molecule has 0 bridgehead atoms. The molecule has 152 valence electrons. The standard InChI is InChI=1S/C23H21N3O4/c1-3-13-30-20-10-7-16(14-21(20)29-2)8-11-22(27)24-18-6-4-5-17(15-18)19-9-12-23(28)26-25-19/h3-12,14-15H,1,13H2,2H3,(H,24,27)(H,26,28)/b11-8+. The fourth-order valence-electron chi connectivity index (χ4n) is 2.67. The second-order valence-electron chi connectivity index (χ2n) is 6.22. The van der Waals surface area contributed by atoms with Gasteiger partial charge in [0.2, 0.25) is 5.91 Å². The molecule has 7 heteroatoms.